The maximum absolute atomic E-state index is 15.4. The predicted molar refractivity (Wildman–Crippen MR) is 148 cm³/mol. The largest absolute Gasteiger partial charge is 0.482 e. The molecule has 0 spiro atoms. The summed E-state index contributed by atoms with van der Waals surface area (Å²) >= 11 is 12.3. The van der Waals surface area contributed by atoms with E-state index in [0.29, 0.717) is 44.7 Å². The molecule has 3 aliphatic rings. The van der Waals surface area contributed by atoms with Crippen molar-refractivity contribution in [1.82, 2.24) is 29.5 Å². The number of pyridine rings is 1. The van der Waals surface area contributed by atoms with Gasteiger partial charge in [-0.15, -0.1) is 5.10 Å². The number of H-pyrrole nitrogens is 1. The number of imidazole rings is 1. The highest BCUT2D eigenvalue weighted by Gasteiger charge is 2.54. The van der Waals surface area contributed by atoms with E-state index < -0.39 is 12.0 Å². The fraction of sp³-hybridized carbons (Fsp3) is 0.179. The van der Waals surface area contributed by atoms with Crippen LogP contribution < -0.4 is 15.6 Å². The maximum atomic E-state index is 15.4. The molecule has 0 radical (unpaired) electrons. The van der Waals surface area contributed by atoms with Crippen LogP contribution in [0.1, 0.15) is 29.8 Å². The van der Waals surface area contributed by atoms with Crippen LogP contribution in [0.5, 0.6) is 5.75 Å². The Morgan fingerprint density at radius 3 is 2.76 bits per heavy atom. The number of halogens is 3. The zero-order chi connectivity index (χ0) is 28.0. The molecule has 3 unspecified atom stereocenters. The van der Waals surface area contributed by atoms with Crippen molar-refractivity contribution in [3.63, 3.8) is 0 Å². The third kappa shape index (κ3) is 3.87. The van der Waals surface area contributed by atoms with E-state index in [2.05, 4.69) is 25.6 Å². The number of carbonyl (C=O) groups excluding carboxylic acids is 1. The molecule has 204 valence electrons. The van der Waals surface area contributed by atoms with Crippen LogP contribution in [0.2, 0.25) is 10.2 Å². The monoisotopic (exact) mass is 589 g/mol. The lowest BCUT2D eigenvalue weighted by Crippen LogP contribution is -2.26. The van der Waals surface area contributed by atoms with Crippen molar-refractivity contribution in [2.75, 3.05) is 11.9 Å². The topological polar surface area (TPSA) is 120 Å². The molecule has 2 aromatic carbocycles. The first-order valence-corrected chi connectivity index (χ1v) is 13.6. The second-order valence-electron chi connectivity index (χ2n) is 10.3. The SMILES string of the molecule is O=C1COc2cc(-c3nc(F)c(C4C5CC5c5cc(-c6cc(Cl)ccc6-n6cc(Cl)nn6)cc(=O)n54)[nH]3)ccc2N1. The van der Waals surface area contributed by atoms with Crippen LogP contribution in [0, 0.1) is 11.9 Å². The number of amides is 1. The number of benzene rings is 2. The summed E-state index contributed by atoms with van der Waals surface area (Å²) < 4.78 is 24.1. The Labute approximate surface area is 240 Å². The van der Waals surface area contributed by atoms with Crippen molar-refractivity contribution in [1.29, 1.82) is 0 Å². The standard InChI is InChI=1S/C28H18Cl2FN7O3/c29-14-2-4-19(37-10-22(30)35-36-37)15(8-14)13-5-20-16-9-17(16)26(38(20)24(40)7-13)25-27(31)34-28(33-25)12-1-3-18-21(6-12)41-11-23(39)32-18/h1-8,10,16-17,26H,9,11H2,(H,32,39)(H,33,34). The highest BCUT2D eigenvalue weighted by molar-refractivity contribution is 6.31. The van der Waals surface area contributed by atoms with E-state index in [1.54, 1.807) is 47.2 Å². The van der Waals surface area contributed by atoms with E-state index in [1.165, 1.54) is 10.7 Å². The summed E-state index contributed by atoms with van der Waals surface area (Å²) in [6.45, 7) is -0.0929. The molecule has 5 aromatic rings. The molecular weight excluding hydrogens is 572 g/mol. The number of rotatable bonds is 4. The smallest absolute Gasteiger partial charge is 0.262 e. The molecule has 3 aromatic heterocycles. The van der Waals surface area contributed by atoms with Crippen LogP contribution in [-0.4, -0.2) is 42.0 Å². The molecule has 8 rings (SSSR count). The van der Waals surface area contributed by atoms with Gasteiger partial charge < -0.3 is 19.6 Å². The van der Waals surface area contributed by atoms with E-state index in [-0.39, 0.29) is 40.8 Å². The lowest BCUT2D eigenvalue weighted by molar-refractivity contribution is -0.118. The summed E-state index contributed by atoms with van der Waals surface area (Å²) in [5.74, 6) is 0.0706. The van der Waals surface area contributed by atoms with Gasteiger partial charge in [0, 0.05) is 33.8 Å². The molecule has 1 fully saturated rings. The molecule has 13 heteroatoms. The number of fused-ring (bicyclic) bond motifs is 4. The van der Waals surface area contributed by atoms with Gasteiger partial charge in [-0.2, -0.15) is 4.39 Å². The van der Waals surface area contributed by atoms with E-state index in [4.69, 9.17) is 27.9 Å². The number of aromatic amines is 1. The van der Waals surface area contributed by atoms with Crippen LogP contribution in [0.4, 0.5) is 10.1 Å². The number of carbonyl (C=O) groups is 1. The van der Waals surface area contributed by atoms with E-state index in [1.807, 2.05) is 6.07 Å². The van der Waals surface area contributed by atoms with Gasteiger partial charge in [-0.25, -0.2) is 9.67 Å². The molecule has 41 heavy (non-hydrogen) atoms. The molecule has 1 amide bonds. The second-order valence-corrected chi connectivity index (χ2v) is 11.1. The van der Waals surface area contributed by atoms with Gasteiger partial charge in [0.1, 0.15) is 11.6 Å². The number of hydrogen-bond donors (Lipinski definition) is 2. The van der Waals surface area contributed by atoms with Gasteiger partial charge in [-0.3, -0.25) is 9.59 Å². The minimum Gasteiger partial charge on any atom is -0.482 e. The average molecular weight is 590 g/mol. The van der Waals surface area contributed by atoms with Crippen molar-refractivity contribution in [2.45, 2.75) is 18.4 Å². The van der Waals surface area contributed by atoms with Crippen LogP contribution >= 0.6 is 23.2 Å². The fourth-order valence-electron chi connectivity index (χ4n) is 6.00. The minimum atomic E-state index is -0.661. The number of nitrogens with one attached hydrogen (secondary N) is 2. The number of anilines is 1. The van der Waals surface area contributed by atoms with Crippen molar-refractivity contribution in [2.24, 2.45) is 5.92 Å². The van der Waals surface area contributed by atoms with Gasteiger partial charge in [0.05, 0.1) is 29.3 Å². The first kappa shape index (κ1) is 24.3. The number of ether oxygens (including phenoxy) is 1. The van der Waals surface area contributed by atoms with Crippen LogP contribution in [0.15, 0.2) is 59.5 Å². The molecule has 3 atom stereocenters. The molecule has 1 saturated carbocycles. The second kappa shape index (κ2) is 8.76. The Balaban J connectivity index is 1.19. The molecule has 2 aliphatic heterocycles. The highest BCUT2D eigenvalue weighted by Crippen LogP contribution is 2.61. The maximum Gasteiger partial charge on any atom is 0.262 e. The van der Waals surface area contributed by atoms with E-state index in [9.17, 15) is 9.59 Å². The minimum absolute atomic E-state index is 0.0655. The van der Waals surface area contributed by atoms with Gasteiger partial charge in [-0.1, -0.05) is 28.4 Å². The van der Waals surface area contributed by atoms with Gasteiger partial charge in [0.2, 0.25) is 5.95 Å². The molecule has 0 bridgehead atoms. The Morgan fingerprint density at radius 2 is 1.93 bits per heavy atom. The lowest BCUT2D eigenvalue weighted by Gasteiger charge is -2.19. The molecule has 10 nitrogen and oxygen atoms in total. The summed E-state index contributed by atoms with van der Waals surface area (Å²) in [6, 6.07) is 13.4. The molecule has 2 N–H and O–H groups in total. The molecule has 1 aliphatic carbocycles. The first-order valence-electron chi connectivity index (χ1n) is 12.8. The zero-order valence-corrected chi connectivity index (χ0v) is 22.4. The average Bonchev–Trinajstić information content (AvgIpc) is 3.28. The number of aromatic nitrogens is 6. The van der Waals surface area contributed by atoms with Crippen molar-refractivity contribution in [3.05, 3.63) is 92.6 Å². The first-order chi connectivity index (χ1) is 19.8. The molecule has 0 saturated heterocycles. The van der Waals surface area contributed by atoms with Crippen molar-refractivity contribution < 1.29 is 13.9 Å². The summed E-state index contributed by atoms with van der Waals surface area (Å²) in [5.41, 5.74) is 4.00. The van der Waals surface area contributed by atoms with Gasteiger partial charge in [0.25, 0.3) is 11.5 Å². The molecular formula is C28H18Cl2FN7O3. The Morgan fingerprint density at radius 1 is 1.05 bits per heavy atom. The highest BCUT2D eigenvalue weighted by atomic mass is 35.5. The fourth-order valence-corrected chi connectivity index (χ4v) is 6.30. The van der Waals surface area contributed by atoms with Crippen molar-refractivity contribution in [3.8, 4) is 34.0 Å². The normalized spacial score (nSPS) is 20.2. The Kier molecular flexibility index (Phi) is 5.20. The van der Waals surface area contributed by atoms with Gasteiger partial charge >= 0.3 is 0 Å². The lowest BCUT2D eigenvalue weighted by atomic mass is 10.0. The third-order valence-corrected chi connectivity index (χ3v) is 8.26. The Hall–Kier alpha value is -4.48. The van der Waals surface area contributed by atoms with Crippen LogP contribution in [0.25, 0.3) is 28.2 Å². The van der Waals surface area contributed by atoms with Gasteiger partial charge in [0.15, 0.2) is 11.8 Å². The molecule has 5 heterocycles. The predicted octanol–water partition coefficient (Wildman–Crippen LogP) is 4.97. The summed E-state index contributed by atoms with van der Waals surface area (Å²) in [5, 5.41) is 11.4. The zero-order valence-electron chi connectivity index (χ0n) is 20.9. The Bertz CT molecular complexity index is 1980. The van der Waals surface area contributed by atoms with Crippen LogP contribution in [0.3, 0.4) is 0 Å². The van der Waals surface area contributed by atoms with Crippen molar-refractivity contribution >= 4 is 34.8 Å². The number of nitrogens with zero attached hydrogens (tertiary/aromatic N) is 5. The van der Waals surface area contributed by atoms with E-state index in [0.717, 1.165) is 12.1 Å². The van der Waals surface area contributed by atoms with E-state index >= 15 is 4.39 Å². The third-order valence-electron chi connectivity index (χ3n) is 7.85. The quantitative estimate of drug-likeness (QED) is 0.305. The van der Waals surface area contributed by atoms with Crippen LogP contribution in [-0.2, 0) is 4.79 Å². The summed E-state index contributed by atoms with van der Waals surface area (Å²) in [7, 11) is 0. The van der Waals surface area contributed by atoms with Gasteiger partial charge in [-0.05, 0) is 60.4 Å². The number of hydrogen-bond acceptors (Lipinski definition) is 6. The summed E-state index contributed by atoms with van der Waals surface area (Å²) in [6.07, 6.45) is 2.40. The summed E-state index contributed by atoms with van der Waals surface area (Å²) in [4.78, 5) is 32.5.